The van der Waals surface area contributed by atoms with Crippen molar-refractivity contribution in [2.45, 2.75) is 32.6 Å². The lowest BCUT2D eigenvalue weighted by Gasteiger charge is -2.09. The smallest absolute Gasteiger partial charge is 0.115 e. The van der Waals surface area contributed by atoms with Crippen LogP contribution in [0.3, 0.4) is 0 Å². The predicted molar refractivity (Wildman–Crippen MR) is 51.4 cm³/mol. The van der Waals surface area contributed by atoms with Crippen molar-refractivity contribution in [1.29, 1.82) is 0 Å². The second-order valence-corrected chi connectivity index (χ2v) is 3.28. The number of hydrogen-bond acceptors (Lipinski definition) is 1. The summed E-state index contributed by atoms with van der Waals surface area (Å²) in [6, 6.07) is 7.49. The molecule has 1 nitrogen and oxygen atoms in total. The Balaban J connectivity index is 2.68. The van der Waals surface area contributed by atoms with E-state index in [0.29, 0.717) is 11.7 Å². The minimum atomic E-state index is 0.349. The van der Waals surface area contributed by atoms with Crippen LogP contribution in [0.1, 0.15) is 38.2 Å². The molecule has 0 aliphatic heterocycles. The molecule has 0 saturated carbocycles. The average Bonchev–Trinajstić information content (AvgIpc) is 2.06. The molecule has 1 atom stereocenters. The molecular formula is C11H16O. The van der Waals surface area contributed by atoms with Crippen LogP contribution < -0.4 is 0 Å². The molecule has 0 saturated heterocycles. The summed E-state index contributed by atoms with van der Waals surface area (Å²) < 4.78 is 0. The van der Waals surface area contributed by atoms with Gasteiger partial charge >= 0.3 is 0 Å². The standard InChI is InChI=1S/C11H16O/c1-3-4-9(2)10-5-7-11(12)8-6-10/h5-9,12H,3-4H2,1-2H3. The number of rotatable bonds is 3. The molecule has 66 valence electrons. The van der Waals surface area contributed by atoms with Crippen molar-refractivity contribution in [3.8, 4) is 5.75 Å². The molecule has 0 fully saturated rings. The molecule has 0 aliphatic rings. The quantitative estimate of drug-likeness (QED) is 0.726. The minimum absolute atomic E-state index is 0.349. The van der Waals surface area contributed by atoms with Crippen molar-refractivity contribution in [1.82, 2.24) is 0 Å². The zero-order valence-electron chi connectivity index (χ0n) is 7.75. The van der Waals surface area contributed by atoms with Gasteiger partial charge in [-0.1, -0.05) is 32.4 Å². The lowest BCUT2D eigenvalue weighted by atomic mass is 9.97. The van der Waals surface area contributed by atoms with Crippen LogP contribution >= 0.6 is 0 Å². The summed E-state index contributed by atoms with van der Waals surface area (Å²) in [6.07, 6.45) is 2.42. The summed E-state index contributed by atoms with van der Waals surface area (Å²) >= 11 is 0. The van der Waals surface area contributed by atoms with E-state index in [4.69, 9.17) is 5.11 Å². The van der Waals surface area contributed by atoms with Crippen molar-refractivity contribution in [2.75, 3.05) is 0 Å². The Morgan fingerprint density at radius 3 is 2.33 bits per heavy atom. The van der Waals surface area contributed by atoms with Crippen LogP contribution in [-0.2, 0) is 0 Å². The topological polar surface area (TPSA) is 20.2 Å². The van der Waals surface area contributed by atoms with E-state index in [0.717, 1.165) is 0 Å². The summed E-state index contributed by atoms with van der Waals surface area (Å²) in [7, 11) is 0. The number of phenols is 1. The molecule has 12 heavy (non-hydrogen) atoms. The molecule has 0 aromatic heterocycles. The Kier molecular flexibility index (Phi) is 3.15. The predicted octanol–water partition coefficient (Wildman–Crippen LogP) is 3.30. The summed E-state index contributed by atoms with van der Waals surface area (Å²) in [4.78, 5) is 0. The Morgan fingerprint density at radius 1 is 1.25 bits per heavy atom. The van der Waals surface area contributed by atoms with Crippen molar-refractivity contribution in [2.24, 2.45) is 0 Å². The lowest BCUT2D eigenvalue weighted by molar-refractivity contribution is 0.475. The third-order valence-electron chi connectivity index (χ3n) is 2.18. The molecule has 0 bridgehead atoms. The maximum atomic E-state index is 9.07. The number of benzene rings is 1. The van der Waals surface area contributed by atoms with Crippen LogP contribution in [0, 0.1) is 0 Å². The van der Waals surface area contributed by atoms with E-state index in [9.17, 15) is 0 Å². The molecule has 0 aliphatic carbocycles. The normalized spacial score (nSPS) is 12.8. The molecule has 1 aromatic rings. The van der Waals surface area contributed by atoms with Crippen molar-refractivity contribution in [3.63, 3.8) is 0 Å². The minimum Gasteiger partial charge on any atom is -0.508 e. The van der Waals surface area contributed by atoms with Gasteiger partial charge in [-0.3, -0.25) is 0 Å². The third-order valence-corrected chi connectivity index (χ3v) is 2.18. The Labute approximate surface area is 74.1 Å². The van der Waals surface area contributed by atoms with Crippen LogP contribution in [0.5, 0.6) is 5.75 Å². The number of hydrogen-bond donors (Lipinski definition) is 1. The summed E-state index contributed by atoms with van der Waals surface area (Å²) in [6.45, 7) is 4.41. The molecule has 1 aromatic carbocycles. The van der Waals surface area contributed by atoms with E-state index in [-0.39, 0.29) is 0 Å². The number of phenolic OH excluding ortho intramolecular Hbond substituents is 1. The second-order valence-electron chi connectivity index (χ2n) is 3.28. The van der Waals surface area contributed by atoms with Crippen molar-refractivity contribution >= 4 is 0 Å². The zero-order valence-corrected chi connectivity index (χ0v) is 7.75. The second kappa shape index (κ2) is 4.15. The van der Waals surface area contributed by atoms with Crippen LogP contribution in [-0.4, -0.2) is 5.11 Å². The highest BCUT2D eigenvalue weighted by atomic mass is 16.3. The summed E-state index contributed by atoms with van der Waals surface area (Å²) in [5, 5.41) is 9.07. The van der Waals surface area contributed by atoms with Gasteiger partial charge in [0.2, 0.25) is 0 Å². The van der Waals surface area contributed by atoms with Crippen molar-refractivity contribution < 1.29 is 5.11 Å². The van der Waals surface area contributed by atoms with Gasteiger partial charge in [-0.15, -0.1) is 0 Å². The molecule has 1 heteroatoms. The van der Waals surface area contributed by atoms with Gasteiger partial charge in [0, 0.05) is 0 Å². The fraction of sp³-hybridized carbons (Fsp3) is 0.455. The molecule has 1 rings (SSSR count). The first kappa shape index (κ1) is 9.11. The van der Waals surface area contributed by atoms with E-state index >= 15 is 0 Å². The first-order valence-corrected chi connectivity index (χ1v) is 4.53. The highest BCUT2D eigenvalue weighted by Gasteiger charge is 2.02. The van der Waals surface area contributed by atoms with Gasteiger partial charge in [-0.25, -0.2) is 0 Å². The summed E-state index contributed by atoms with van der Waals surface area (Å²) in [5.74, 6) is 0.957. The highest BCUT2D eigenvalue weighted by molar-refractivity contribution is 5.27. The molecule has 1 N–H and O–H groups in total. The van der Waals surface area contributed by atoms with Gasteiger partial charge in [0.1, 0.15) is 5.75 Å². The summed E-state index contributed by atoms with van der Waals surface area (Å²) in [5.41, 5.74) is 1.31. The van der Waals surface area contributed by atoms with Gasteiger partial charge < -0.3 is 5.11 Å². The van der Waals surface area contributed by atoms with Crippen LogP contribution in [0.25, 0.3) is 0 Å². The highest BCUT2D eigenvalue weighted by Crippen LogP contribution is 2.21. The molecule has 0 amide bonds. The fourth-order valence-electron chi connectivity index (χ4n) is 1.40. The molecule has 0 radical (unpaired) electrons. The van der Waals surface area contributed by atoms with E-state index in [2.05, 4.69) is 13.8 Å². The first-order chi connectivity index (χ1) is 5.74. The fourth-order valence-corrected chi connectivity index (χ4v) is 1.40. The van der Waals surface area contributed by atoms with Gasteiger partial charge in [0.15, 0.2) is 0 Å². The molecule has 1 unspecified atom stereocenters. The molecule has 0 heterocycles. The molecular weight excluding hydrogens is 148 g/mol. The van der Waals surface area contributed by atoms with Crippen LogP contribution in [0.2, 0.25) is 0 Å². The van der Waals surface area contributed by atoms with Gasteiger partial charge in [0.25, 0.3) is 0 Å². The van der Waals surface area contributed by atoms with E-state index in [1.165, 1.54) is 18.4 Å². The average molecular weight is 164 g/mol. The SMILES string of the molecule is CCCC(C)c1ccc(O)cc1. The van der Waals surface area contributed by atoms with Gasteiger partial charge in [0.05, 0.1) is 0 Å². The zero-order chi connectivity index (χ0) is 8.97. The maximum Gasteiger partial charge on any atom is 0.115 e. The van der Waals surface area contributed by atoms with E-state index in [1.54, 1.807) is 12.1 Å². The lowest BCUT2D eigenvalue weighted by Crippen LogP contribution is -1.91. The molecule has 0 spiro atoms. The Bertz CT molecular complexity index is 225. The van der Waals surface area contributed by atoms with Crippen LogP contribution in [0.4, 0.5) is 0 Å². The maximum absolute atomic E-state index is 9.07. The van der Waals surface area contributed by atoms with Crippen molar-refractivity contribution in [3.05, 3.63) is 29.8 Å². The van der Waals surface area contributed by atoms with Gasteiger partial charge in [-0.05, 0) is 30.0 Å². The van der Waals surface area contributed by atoms with Crippen LogP contribution in [0.15, 0.2) is 24.3 Å². The monoisotopic (exact) mass is 164 g/mol. The van der Waals surface area contributed by atoms with Gasteiger partial charge in [-0.2, -0.15) is 0 Å². The Hall–Kier alpha value is -0.980. The largest absolute Gasteiger partial charge is 0.508 e. The Morgan fingerprint density at radius 2 is 1.83 bits per heavy atom. The first-order valence-electron chi connectivity index (χ1n) is 4.53. The third kappa shape index (κ3) is 2.26. The number of aromatic hydroxyl groups is 1. The van der Waals surface area contributed by atoms with E-state index in [1.807, 2.05) is 12.1 Å². The van der Waals surface area contributed by atoms with E-state index < -0.39 is 0 Å².